The molecule has 0 radical (unpaired) electrons. The first-order valence-electron chi connectivity index (χ1n) is 12.3. The molecule has 0 aliphatic carbocycles. The third-order valence-corrected chi connectivity index (χ3v) is 6.27. The van der Waals surface area contributed by atoms with E-state index in [9.17, 15) is 4.79 Å². The highest BCUT2D eigenvalue weighted by molar-refractivity contribution is 6.30. The van der Waals surface area contributed by atoms with Crippen LogP contribution in [-0.4, -0.2) is 35.7 Å². The summed E-state index contributed by atoms with van der Waals surface area (Å²) in [6.45, 7) is 2.15. The van der Waals surface area contributed by atoms with Crippen molar-refractivity contribution in [2.24, 2.45) is 0 Å². The van der Waals surface area contributed by atoms with Crippen molar-refractivity contribution >= 4 is 28.5 Å². The monoisotopic (exact) mass is 505 g/mol. The number of nitrogens with zero attached hydrogens (tertiary/aromatic N) is 2. The second-order valence-corrected chi connectivity index (χ2v) is 9.09. The highest BCUT2D eigenvalue weighted by Crippen LogP contribution is 2.19. The number of hydrogen-bond donors (Lipinski definition) is 1. The summed E-state index contributed by atoms with van der Waals surface area (Å²) < 4.78 is 13.3. The molecule has 1 N–H and O–H groups in total. The Hall–Kier alpha value is -3.51. The fourth-order valence-electron chi connectivity index (χ4n) is 4.12. The van der Waals surface area contributed by atoms with Crippen molar-refractivity contribution in [2.45, 2.75) is 38.6 Å². The van der Waals surface area contributed by atoms with Crippen LogP contribution in [0.25, 0.3) is 11.0 Å². The first-order valence-corrected chi connectivity index (χ1v) is 12.7. The van der Waals surface area contributed by atoms with Crippen molar-refractivity contribution in [3.8, 4) is 11.5 Å². The molecule has 0 aliphatic heterocycles. The van der Waals surface area contributed by atoms with Gasteiger partial charge in [0.25, 0.3) is 0 Å². The van der Waals surface area contributed by atoms with Crippen LogP contribution in [0.1, 0.15) is 30.7 Å². The minimum absolute atomic E-state index is 0.0226. The van der Waals surface area contributed by atoms with Crippen LogP contribution in [0, 0.1) is 0 Å². The van der Waals surface area contributed by atoms with Crippen molar-refractivity contribution < 1.29 is 14.3 Å². The lowest BCUT2D eigenvalue weighted by Crippen LogP contribution is -2.26. The number of methoxy groups -OCH3 is 1. The average molecular weight is 506 g/mol. The van der Waals surface area contributed by atoms with Crippen LogP contribution in [-0.2, 0) is 24.2 Å². The van der Waals surface area contributed by atoms with E-state index in [1.165, 1.54) is 0 Å². The Bertz CT molecular complexity index is 1250. The van der Waals surface area contributed by atoms with Crippen molar-refractivity contribution in [1.82, 2.24) is 14.9 Å². The molecule has 1 amide bonds. The van der Waals surface area contributed by atoms with Crippen molar-refractivity contribution in [3.05, 3.63) is 89.2 Å². The van der Waals surface area contributed by atoms with E-state index in [0.717, 1.165) is 66.1 Å². The molecule has 0 aliphatic rings. The third-order valence-electron chi connectivity index (χ3n) is 6.02. The highest BCUT2D eigenvalue weighted by atomic mass is 35.5. The first kappa shape index (κ1) is 25.6. The summed E-state index contributed by atoms with van der Waals surface area (Å²) in [6.07, 6.45) is 3.92. The van der Waals surface area contributed by atoms with Crippen molar-refractivity contribution in [3.63, 3.8) is 0 Å². The van der Waals surface area contributed by atoms with E-state index in [4.69, 9.17) is 26.1 Å². The second kappa shape index (κ2) is 13.0. The van der Waals surface area contributed by atoms with Gasteiger partial charge in [0.2, 0.25) is 5.91 Å². The normalized spacial score (nSPS) is 10.9. The molecule has 0 fully saturated rings. The maximum absolute atomic E-state index is 12.3. The largest absolute Gasteiger partial charge is 0.497 e. The molecule has 4 aromatic rings. The number of rotatable bonds is 13. The van der Waals surface area contributed by atoms with Crippen LogP contribution in [0.4, 0.5) is 0 Å². The van der Waals surface area contributed by atoms with Crippen LogP contribution < -0.4 is 14.8 Å². The minimum atomic E-state index is 0.0226. The molecule has 1 heterocycles. The summed E-state index contributed by atoms with van der Waals surface area (Å²) in [5.41, 5.74) is 3.12. The van der Waals surface area contributed by atoms with E-state index >= 15 is 0 Å². The summed E-state index contributed by atoms with van der Waals surface area (Å²) >= 11 is 5.93. The summed E-state index contributed by atoms with van der Waals surface area (Å²) in [6, 6.07) is 23.3. The quantitative estimate of drug-likeness (QED) is 0.231. The van der Waals surface area contributed by atoms with Crippen molar-refractivity contribution in [1.29, 1.82) is 0 Å². The van der Waals surface area contributed by atoms with Gasteiger partial charge in [-0.25, -0.2) is 4.98 Å². The van der Waals surface area contributed by atoms with Crippen LogP contribution >= 0.6 is 11.6 Å². The number of carbonyl (C=O) groups excluding carboxylic acids is 1. The van der Waals surface area contributed by atoms with Gasteiger partial charge in [0.1, 0.15) is 17.3 Å². The third kappa shape index (κ3) is 7.25. The molecule has 0 bridgehead atoms. The number of aromatic nitrogens is 2. The smallest absolute Gasteiger partial charge is 0.224 e. The second-order valence-electron chi connectivity index (χ2n) is 8.66. The van der Waals surface area contributed by atoms with E-state index in [0.29, 0.717) is 24.6 Å². The lowest BCUT2D eigenvalue weighted by atomic mass is 10.1. The molecule has 4 rings (SSSR count). The standard InChI is InChI=1S/C29H32ClN3O3/c1-35-24-14-10-22(11-15-24)21-29(34)31-18-6-9-28-32-26-7-2-3-8-27(26)33(28)19-4-5-20-36-25-16-12-23(30)13-17-25/h2-3,7-8,10-17H,4-6,9,18-21H2,1H3,(H,31,34). The number of nitrogens with one attached hydrogen (secondary N) is 1. The van der Waals surface area contributed by atoms with Crippen LogP contribution in [0.5, 0.6) is 11.5 Å². The Morgan fingerprint density at radius 3 is 2.47 bits per heavy atom. The molecular weight excluding hydrogens is 474 g/mol. The number of ether oxygens (including phenoxy) is 2. The number of benzene rings is 3. The molecule has 0 unspecified atom stereocenters. The zero-order valence-electron chi connectivity index (χ0n) is 20.6. The molecular formula is C29H32ClN3O3. The number of carbonyl (C=O) groups is 1. The van der Waals surface area contributed by atoms with Gasteiger partial charge in [-0.05, 0) is 73.4 Å². The summed E-state index contributed by atoms with van der Waals surface area (Å²) in [5, 5.41) is 3.74. The Balaban J connectivity index is 1.24. The Morgan fingerprint density at radius 1 is 0.944 bits per heavy atom. The fraction of sp³-hybridized carbons (Fsp3) is 0.310. The maximum atomic E-state index is 12.3. The predicted octanol–water partition coefficient (Wildman–Crippen LogP) is 5.85. The van der Waals surface area contributed by atoms with Gasteiger partial charge < -0.3 is 19.4 Å². The Kier molecular flexibility index (Phi) is 9.22. The van der Waals surface area contributed by atoms with Gasteiger partial charge in [-0.1, -0.05) is 35.9 Å². The highest BCUT2D eigenvalue weighted by Gasteiger charge is 2.11. The molecule has 0 saturated carbocycles. The lowest BCUT2D eigenvalue weighted by Gasteiger charge is -2.11. The first-order chi connectivity index (χ1) is 17.6. The Morgan fingerprint density at radius 2 is 1.69 bits per heavy atom. The number of hydrogen-bond acceptors (Lipinski definition) is 4. The van der Waals surface area contributed by atoms with Gasteiger partial charge in [-0.15, -0.1) is 0 Å². The number of amides is 1. The van der Waals surface area contributed by atoms with Gasteiger partial charge in [0, 0.05) is 24.5 Å². The van der Waals surface area contributed by atoms with E-state index in [1.54, 1.807) is 7.11 Å². The zero-order valence-corrected chi connectivity index (χ0v) is 21.3. The molecule has 1 aromatic heterocycles. The molecule has 0 saturated heterocycles. The van der Waals surface area contributed by atoms with Gasteiger partial charge in [0.05, 0.1) is 31.2 Å². The summed E-state index contributed by atoms with van der Waals surface area (Å²) in [4.78, 5) is 17.2. The molecule has 188 valence electrons. The number of aryl methyl sites for hydroxylation is 2. The van der Waals surface area contributed by atoms with Crippen LogP contribution in [0.2, 0.25) is 5.02 Å². The van der Waals surface area contributed by atoms with Gasteiger partial charge in [0.15, 0.2) is 0 Å². The van der Waals surface area contributed by atoms with Gasteiger partial charge >= 0.3 is 0 Å². The molecule has 7 heteroatoms. The topological polar surface area (TPSA) is 65.4 Å². The predicted molar refractivity (Wildman–Crippen MR) is 144 cm³/mol. The number of para-hydroxylation sites is 2. The average Bonchev–Trinajstić information content (AvgIpc) is 3.25. The number of fused-ring (bicyclic) bond motifs is 1. The zero-order chi connectivity index (χ0) is 25.2. The minimum Gasteiger partial charge on any atom is -0.497 e. The van der Waals surface area contributed by atoms with Gasteiger partial charge in [-0.3, -0.25) is 4.79 Å². The maximum Gasteiger partial charge on any atom is 0.224 e. The molecule has 3 aromatic carbocycles. The lowest BCUT2D eigenvalue weighted by molar-refractivity contribution is -0.120. The van der Waals surface area contributed by atoms with E-state index in [1.807, 2.05) is 60.7 Å². The number of unbranched alkanes of at least 4 members (excludes halogenated alkanes) is 1. The van der Waals surface area contributed by atoms with Gasteiger partial charge in [-0.2, -0.15) is 0 Å². The van der Waals surface area contributed by atoms with E-state index < -0.39 is 0 Å². The molecule has 36 heavy (non-hydrogen) atoms. The number of imidazole rings is 1. The van der Waals surface area contributed by atoms with E-state index in [-0.39, 0.29) is 5.91 Å². The molecule has 6 nitrogen and oxygen atoms in total. The van der Waals surface area contributed by atoms with Crippen LogP contribution in [0.3, 0.4) is 0 Å². The Labute approximate surface area is 217 Å². The van der Waals surface area contributed by atoms with Crippen molar-refractivity contribution in [2.75, 3.05) is 20.3 Å². The van der Waals surface area contributed by atoms with E-state index in [2.05, 4.69) is 22.0 Å². The fourth-order valence-corrected chi connectivity index (χ4v) is 4.25. The summed E-state index contributed by atoms with van der Waals surface area (Å²) in [7, 11) is 1.63. The number of halogens is 1. The van der Waals surface area contributed by atoms with Crippen LogP contribution in [0.15, 0.2) is 72.8 Å². The summed E-state index contributed by atoms with van der Waals surface area (Å²) in [5.74, 6) is 2.70. The molecule has 0 atom stereocenters. The molecule has 0 spiro atoms. The SMILES string of the molecule is COc1ccc(CC(=O)NCCCc2nc3ccccc3n2CCCCOc2ccc(Cl)cc2)cc1.